The molecule has 2 amide bonds. The van der Waals surface area contributed by atoms with Crippen LogP contribution in [0.5, 0.6) is 0 Å². The van der Waals surface area contributed by atoms with Crippen LogP contribution in [0.15, 0.2) is 0 Å². The van der Waals surface area contributed by atoms with Crippen molar-refractivity contribution in [2.24, 2.45) is 5.92 Å². The second-order valence-electron chi connectivity index (χ2n) is 2.25. The summed E-state index contributed by atoms with van der Waals surface area (Å²) in [6.07, 6.45) is 0.624. The number of amides is 2. The molecule has 1 aliphatic heterocycles. The highest BCUT2D eigenvalue weighted by Gasteiger charge is 2.29. The van der Waals surface area contributed by atoms with Crippen LogP contribution in [0.25, 0.3) is 0 Å². The van der Waals surface area contributed by atoms with Gasteiger partial charge in [-0.15, -0.1) is 0 Å². The number of hydrogen-bond acceptors (Lipinski definition) is 2. The Kier molecular flexibility index (Phi) is 1.89. The molecule has 0 aliphatic carbocycles. The summed E-state index contributed by atoms with van der Waals surface area (Å²) in [6, 6.07) is 0. The van der Waals surface area contributed by atoms with Crippen LogP contribution in [0.4, 0.5) is 0 Å². The first-order valence-electron chi connectivity index (χ1n) is 3.25. The summed E-state index contributed by atoms with van der Waals surface area (Å²) in [6.45, 7) is 0.622. The zero-order chi connectivity index (χ0) is 7.56. The molecular formula is C6H10N2O2. The highest BCUT2D eigenvalue weighted by atomic mass is 16.2. The fourth-order valence-corrected chi connectivity index (χ4v) is 1.02. The first kappa shape index (κ1) is 7.05. The Morgan fingerprint density at radius 3 is 2.90 bits per heavy atom. The Balaban J connectivity index is 2.55. The predicted octanol–water partition coefficient (Wildman–Crippen LogP) is -1.13. The topological polar surface area (TPSA) is 58.2 Å². The number of carbonyl (C=O) groups excluding carboxylic acids is 2. The molecule has 56 valence electrons. The summed E-state index contributed by atoms with van der Waals surface area (Å²) in [7, 11) is 1.54. The van der Waals surface area contributed by atoms with Crippen molar-refractivity contribution in [3.8, 4) is 0 Å². The van der Waals surface area contributed by atoms with E-state index in [1.54, 1.807) is 0 Å². The van der Waals surface area contributed by atoms with Gasteiger partial charge in [0.2, 0.25) is 11.8 Å². The fourth-order valence-electron chi connectivity index (χ4n) is 1.02. The van der Waals surface area contributed by atoms with Crippen LogP contribution < -0.4 is 10.6 Å². The smallest absolute Gasteiger partial charge is 0.232 e. The maximum atomic E-state index is 10.9. The maximum absolute atomic E-state index is 10.9. The van der Waals surface area contributed by atoms with E-state index < -0.39 is 5.92 Å². The Hall–Kier alpha value is -1.06. The zero-order valence-electron chi connectivity index (χ0n) is 5.81. The van der Waals surface area contributed by atoms with E-state index in [9.17, 15) is 9.59 Å². The van der Waals surface area contributed by atoms with E-state index in [1.807, 2.05) is 0 Å². The van der Waals surface area contributed by atoms with Crippen LogP contribution in [0.1, 0.15) is 6.42 Å². The molecule has 1 rings (SSSR count). The summed E-state index contributed by atoms with van der Waals surface area (Å²) in [5, 5.41) is 5.02. The summed E-state index contributed by atoms with van der Waals surface area (Å²) in [4.78, 5) is 21.7. The standard InChI is InChI=1S/C6H10N2O2/c1-7-5(9)4-2-3-8-6(4)10/h4H,2-3H2,1H3,(H,7,9)(H,8,10). The van der Waals surface area contributed by atoms with Gasteiger partial charge in [0.05, 0.1) is 0 Å². The van der Waals surface area contributed by atoms with Gasteiger partial charge in [0.15, 0.2) is 0 Å². The van der Waals surface area contributed by atoms with Crippen molar-refractivity contribution >= 4 is 11.8 Å². The Labute approximate surface area is 59.0 Å². The fraction of sp³-hybridized carbons (Fsp3) is 0.667. The zero-order valence-corrected chi connectivity index (χ0v) is 5.81. The van der Waals surface area contributed by atoms with Crippen molar-refractivity contribution in [3.63, 3.8) is 0 Å². The van der Waals surface area contributed by atoms with Crippen molar-refractivity contribution in [2.45, 2.75) is 6.42 Å². The van der Waals surface area contributed by atoms with Gasteiger partial charge in [-0.2, -0.15) is 0 Å². The van der Waals surface area contributed by atoms with Gasteiger partial charge in [-0.3, -0.25) is 9.59 Å². The van der Waals surface area contributed by atoms with Crippen LogP contribution in [-0.2, 0) is 9.59 Å². The molecule has 0 saturated carbocycles. The molecule has 1 atom stereocenters. The molecule has 10 heavy (non-hydrogen) atoms. The molecule has 4 heteroatoms. The van der Waals surface area contributed by atoms with Crippen LogP contribution in [-0.4, -0.2) is 25.4 Å². The molecule has 0 aromatic carbocycles. The minimum atomic E-state index is -0.454. The normalized spacial score (nSPS) is 24.1. The van der Waals surface area contributed by atoms with Gasteiger partial charge in [-0.05, 0) is 6.42 Å². The van der Waals surface area contributed by atoms with Gasteiger partial charge in [-0.25, -0.2) is 0 Å². The lowest BCUT2D eigenvalue weighted by Gasteiger charge is -2.02. The third-order valence-corrected chi connectivity index (χ3v) is 1.61. The number of carbonyl (C=O) groups is 2. The summed E-state index contributed by atoms with van der Waals surface area (Å²) in [5.41, 5.74) is 0. The second-order valence-corrected chi connectivity index (χ2v) is 2.25. The highest BCUT2D eigenvalue weighted by Crippen LogP contribution is 2.07. The average molecular weight is 142 g/mol. The Morgan fingerprint density at radius 2 is 2.50 bits per heavy atom. The second kappa shape index (κ2) is 2.68. The van der Waals surface area contributed by atoms with Crippen molar-refractivity contribution in [3.05, 3.63) is 0 Å². The quantitative estimate of drug-likeness (QED) is 0.455. The molecule has 0 aromatic heterocycles. The molecule has 1 saturated heterocycles. The van der Waals surface area contributed by atoms with Crippen LogP contribution >= 0.6 is 0 Å². The van der Waals surface area contributed by atoms with E-state index >= 15 is 0 Å². The van der Waals surface area contributed by atoms with Crippen molar-refractivity contribution in [1.29, 1.82) is 0 Å². The summed E-state index contributed by atoms with van der Waals surface area (Å²) in [5.74, 6) is -0.792. The summed E-state index contributed by atoms with van der Waals surface area (Å²) < 4.78 is 0. The maximum Gasteiger partial charge on any atom is 0.232 e. The third-order valence-electron chi connectivity index (χ3n) is 1.61. The SMILES string of the molecule is CNC(=O)C1CCNC1=O. The van der Waals surface area contributed by atoms with Crippen molar-refractivity contribution in [1.82, 2.24) is 10.6 Å². The molecule has 0 radical (unpaired) electrons. The molecule has 0 aromatic rings. The van der Waals surface area contributed by atoms with Gasteiger partial charge < -0.3 is 10.6 Å². The van der Waals surface area contributed by atoms with E-state index in [0.29, 0.717) is 13.0 Å². The monoisotopic (exact) mass is 142 g/mol. The van der Waals surface area contributed by atoms with E-state index in [1.165, 1.54) is 7.05 Å². The van der Waals surface area contributed by atoms with Crippen molar-refractivity contribution < 1.29 is 9.59 Å². The van der Waals surface area contributed by atoms with Gasteiger partial charge in [0.25, 0.3) is 0 Å². The molecule has 1 fully saturated rings. The minimum Gasteiger partial charge on any atom is -0.358 e. The lowest BCUT2D eigenvalue weighted by Crippen LogP contribution is -2.32. The summed E-state index contributed by atoms with van der Waals surface area (Å²) >= 11 is 0. The largest absolute Gasteiger partial charge is 0.358 e. The van der Waals surface area contributed by atoms with Crippen LogP contribution in [0, 0.1) is 5.92 Å². The van der Waals surface area contributed by atoms with E-state index in [2.05, 4.69) is 10.6 Å². The predicted molar refractivity (Wildman–Crippen MR) is 35.2 cm³/mol. The molecule has 0 bridgehead atoms. The molecular weight excluding hydrogens is 132 g/mol. The number of nitrogens with one attached hydrogen (secondary N) is 2. The molecule has 0 spiro atoms. The molecule has 2 N–H and O–H groups in total. The Bertz CT molecular complexity index is 167. The molecule has 1 heterocycles. The minimum absolute atomic E-state index is 0.153. The number of hydrogen-bond donors (Lipinski definition) is 2. The lowest BCUT2D eigenvalue weighted by molar-refractivity contribution is -0.132. The van der Waals surface area contributed by atoms with E-state index in [0.717, 1.165) is 0 Å². The van der Waals surface area contributed by atoms with Crippen LogP contribution in [0.2, 0.25) is 0 Å². The van der Waals surface area contributed by atoms with Gasteiger partial charge >= 0.3 is 0 Å². The number of rotatable bonds is 1. The lowest BCUT2D eigenvalue weighted by atomic mass is 10.1. The first-order valence-corrected chi connectivity index (χ1v) is 3.25. The van der Waals surface area contributed by atoms with Gasteiger partial charge in [0.1, 0.15) is 5.92 Å². The van der Waals surface area contributed by atoms with E-state index in [-0.39, 0.29) is 11.8 Å². The van der Waals surface area contributed by atoms with Gasteiger partial charge in [0, 0.05) is 13.6 Å². The molecule has 1 unspecified atom stereocenters. The third kappa shape index (κ3) is 1.10. The van der Waals surface area contributed by atoms with Crippen LogP contribution in [0.3, 0.4) is 0 Å². The van der Waals surface area contributed by atoms with E-state index in [4.69, 9.17) is 0 Å². The Morgan fingerprint density at radius 1 is 1.80 bits per heavy atom. The van der Waals surface area contributed by atoms with Crippen molar-refractivity contribution in [2.75, 3.05) is 13.6 Å². The average Bonchev–Trinajstić information content (AvgIpc) is 2.34. The highest BCUT2D eigenvalue weighted by molar-refractivity contribution is 6.01. The van der Waals surface area contributed by atoms with Gasteiger partial charge in [-0.1, -0.05) is 0 Å². The molecule has 4 nitrogen and oxygen atoms in total. The molecule has 1 aliphatic rings. The first-order chi connectivity index (χ1) is 4.75.